The smallest absolute Gasteiger partial charge is 0.269 e. The number of nitrogens with zero attached hydrogens (tertiary/aromatic N) is 3. The summed E-state index contributed by atoms with van der Waals surface area (Å²) < 4.78 is 1.92. The van der Waals surface area contributed by atoms with E-state index in [-0.39, 0.29) is 16.2 Å². The molecule has 2 aliphatic rings. The lowest BCUT2D eigenvalue weighted by molar-refractivity contribution is -0.384. The van der Waals surface area contributed by atoms with Gasteiger partial charge < -0.3 is 4.57 Å². The van der Waals surface area contributed by atoms with Crippen LogP contribution in [0.5, 0.6) is 0 Å². The fourth-order valence-corrected chi connectivity index (χ4v) is 4.15. The number of piperidine rings is 1. The second-order valence-electron chi connectivity index (χ2n) is 6.82. The molecule has 124 valence electrons. The van der Waals surface area contributed by atoms with Crippen molar-refractivity contribution >= 4 is 5.69 Å². The van der Waals surface area contributed by atoms with Crippen LogP contribution in [0.3, 0.4) is 0 Å². The zero-order chi connectivity index (χ0) is 16.7. The number of aromatic nitrogens is 1. The van der Waals surface area contributed by atoms with Gasteiger partial charge in [0, 0.05) is 56.0 Å². The Hall–Kier alpha value is -2.47. The molecular formula is C18H19N3O3. The number of hydrogen-bond donors (Lipinski definition) is 0. The predicted octanol–water partition coefficient (Wildman–Crippen LogP) is 2.38. The highest BCUT2D eigenvalue weighted by Gasteiger charge is 2.34. The van der Waals surface area contributed by atoms with Crippen LogP contribution in [-0.2, 0) is 13.1 Å². The first-order valence-corrected chi connectivity index (χ1v) is 8.25. The van der Waals surface area contributed by atoms with Gasteiger partial charge in [0.05, 0.1) is 4.92 Å². The van der Waals surface area contributed by atoms with Gasteiger partial charge in [0.25, 0.3) is 11.2 Å². The van der Waals surface area contributed by atoms with E-state index in [2.05, 4.69) is 11.0 Å². The molecule has 2 aromatic rings. The third-order valence-electron chi connectivity index (χ3n) is 5.08. The summed E-state index contributed by atoms with van der Waals surface area (Å²) in [6, 6.07) is 12.4. The molecule has 0 radical (unpaired) electrons. The van der Waals surface area contributed by atoms with Gasteiger partial charge in [0.2, 0.25) is 0 Å². The Kier molecular flexibility index (Phi) is 3.69. The van der Waals surface area contributed by atoms with Crippen molar-refractivity contribution in [2.24, 2.45) is 5.92 Å². The van der Waals surface area contributed by atoms with Gasteiger partial charge in [-0.05, 0) is 24.0 Å². The van der Waals surface area contributed by atoms with Crippen LogP contribution in [-0.4, -0.2) is 27.5 Å². The van der Waals surface area contributed by atoms with Gasteiger partial charge in [-0.15, -0.1) is 0 Å². The largest absolute Gasteiger partial charge is 0.312 e. The van der Waals surface area contributed by atoms with Crippen molar-refractivity contribution in [3.63, 3.8) is 0 Å². The summed E-state index contributed by atoms with van der Waals surface area (Å²) in [5.41, 5.74) is 2.33. The van der Waals surface area contributed by atoms with E-state index in [9.17, 15) is 14.9 Å². The van der Waals surface area contributed by atoms with Crippen LogP contribution in [0.15, 0.2) is 47.3 Å². The number of nitro benzene ring substituents is 1. The predicted molar refractivity (Wildman–Crippen MR) is 89.9 cm³/mol. The molecule has 3 heterocycles. The molecule has 2 atom stereocenters. The first-order valence-electron chi connectivity index (χ1n) is 8.25. The summed E-state index contributed by atoms with van der Waals surface area (Å²) in [5, 5.41) is 10.9. The molecule has 4 rings (SSSR count). The molecule has 1 aromatic heterocycles. The summed E-state index contributed by atoms with van der Waals surface area (Å²) >= 11 is 0. The lowest BCUT2D eigenvalue weighted by atomic mass is 9.83. The van der Waals surface area contributed by atoms with Gasteiger partial charge in [-0.25, -0.2) is 0 Å². The Labute approximate surface area is 139 Å². The molecule has 2 bridgehead atoms. The standard InChI is InChI=1S/C18H19N3O3/c22-18-6-2-5-17-15-7-14(11-20(17)18)10-19(12-15)9-13-3-1-4-16(8-13)21(23)24/h1-6,8,14-15H,7,9-12H2/t14-,15+/m1/s1. The van der Waals surface area contributed by atoms with Gasteiger partial charge in [-0.1, -0.05) is 18.2 Å². The van der Waals surface area contributed by atoms with Crippen molar-refractivity contribution in [3.8, 4) is 0 Å². The quantitative estimate of drug-likeness (QED) is 0.642. The van der Waals surface area contributed by atoms with Gasteiger partial charge in [-0.3, -0.25) is 19.8 Å². The number of fused-ring (bicyclic) bond motifs is 4. The highest BCUT2D eigenvalue weighted by atomic mass is 16.6. The van der Waals surface area contributed by atoms with Crippen LogP contribution in [0.25, 0.3) is 0 Å². The molecule has 6 nitrogen and oxygen atoms in total. The monoisotopic (exact) mass is 325 g/mol. The number of rotatable bonds is 3. The van der Waals surface area contributed by atoms with Crippen molar-refractivity contribution in [2.45, 2.75) is 25.4 Å². The van der Waals surface area contributed by atoms with E-state index >= 15 is 0 Å². The van der Waals surface area contributed by atoms with Crippen molar-refractivity contribution < 1.29 is 4.92 Å². The summed E-state index contributed by atoms with van der Waals surface area (Å²) in [6.07, 6.45) is 1.12. The van der Waals surface area contributed by atoms with E-state index in [1.54, 1.807) is 18.2 Å². The Morgan fingerprint density at radius 2 is 1.96 bits per heavy atom. The third-order valence-corrected chi connectivity index (χ3v) is 5.08. The van der Waals surface area contributed by atoms with Crippen LogP contribution in [0, 0.1) is 16.0 Å². The maximum Gasteiger partial charge on any atom is 0.269 e. The molecule has 24 heavy (non-hydrogen) atoms. The summed E-state index contributed by atoms with van der Waals surface area (Å²) in [5.74, 6) is 0.833. The van der Waals surface area contributed by atoms with Gasteiger partial charge >= 0.3 is 0 Å². The van der Waals surface area contributed by atoms with E-state index < -0.39 is 0 Å². The Morgan fingerprint density at radius 1 is 1.12 bits per heavy atom. The van der Waals surface area contributed by atoms with Gasteiger partial charge in [0.1, 0.15) is 0 Å². The average molecular weight is 325 g/mol. The molecule has 0 aliphatic carbocycles. The third kappa shape index (κ3) is 2.73. The summed E-state index contributed by atoms with van der Waals surface area (Å²) in [6.45, 7) is 3.31. The minimum absolute atomic E-state index is 0.0920. The fourth-order valence-electron chi connectivity index (χ4n) is 4.15. The molecule has 2 aliphatic heterocycles. The second-order valence-corrected chi connectivity index (χ2v) is 6.82. The molecular weight excluding hydrogens is 306 g/mol. The van der Waals surface area contributed by atoms with Crippen molar-refractivity contribution in [1.82, 2.24) is 9.47 Å². The van der Waals surface area contributed by atoms with Crippen molar-refractivity contribution in [2.75, 3.05) is 13.1 Å². The lowest BCUT2D eigenvalue weighted by Crippen LogP contribution is -2.46. The number of nitro groups is 1. The fraction of sp³-hybridized carbons (Fsp3) is 0.389. The van der Waals surface area contributed by atoms with Crippen LogP contribution in [0.2, 0.25) is 0 Å². The van der Waals surface area contributed by atoms with Crippen molar-refractivity contribution in [1.29, 1.82) is 0 Å². The minimum atomic E-state index is -0.350. The number of likely N-dealkylation sites (tertiary alicyclic amines) is 1. The molecule has 0 N–H and O–H groups in total. The lowest BCUT2D eigenvalue weighted by Gasteiger charge is -2.42. The summed E-state index contributed by atoms with van der Waals surface area (Å²) in [4.78, 5) is 25.0. The zero-order valence-corrected chi connectivity index (χ0v) is 13.3. The van der Waals surface area contributed by atoms with E-state index in [0.717, 1.165) is 37.3 Å². The zero-order valence-electron chi connectivity index (χ0n) is 13.3. The van der Waals surface area contributed by atoms with E-state index in [1.165, 1.54) is 6.07 Å². The molecule has 0 saturated carbocycles. The van der Waals surface area contributed by atoms with E-state index in [0.29, 0.717) is 18.4 Å². The summed E-state index contributed by atoms with van der Waals surface area (Å²) in [7, 11) is 0. The highest BCUT2D eigenvalue weighted by molar-refractivity contribution is 5.34. The Morgan fingerprint density at radius 3 is 2.79 bits per heavy atom. The number of benzene rings is 1. The average Bonchev–Trinajstić information content (AvgIpc) is 2.56. The van der Waals surface area contributed by atoms with E-state index in [4.69, 9.17) is 0 Å². The topological polar surface area (TPSA) is 68.4 Å². The second kappa shape index (κ2) is 5.87. The minimum Gasteiger partial charge on any atom is -0.312 e. The first-order chi connectivity index (χ1) is 11.6. The molecule has 0 unspecified atom stereocenters. The maximum atomic E-state index is 12.1. The molecule has 1 fully saturated rings. The van der Waals surface area contributed by atoms with E-state index in [1.807, 2.05) is 16.7 Å². The Balaban J connectivity index is 1.55. The molecule has 6 heteroatoms. The van der Waals surface area contributed by atoms with Crippen LogP contribution < -0.4 is 5.56 Å². The molecule has 0 amide bonds. The first kappa shape index (κ1) is 15.1. The Bertz CT molecular complexity index is 845. The SMILES string of the molecule is O=c1cccc2n1C[C@@H]1C[C@H]2CN(Cc2cccc([N+](=O)[O-])c2)C1. The van der Waals surface area contributed by atoms with Crippen LogP contribution >= 0.6 is 0 Å². The number of non-ortho nitro benzene ring substituents is 1. The number of hydrogen-bond acceptors (Lipinski definition) is 4. The van der Waals surface area contributed by atoms with Gasteiger partial charge in [-0.2, -0.15) is 0 Å². The van der Waals surface area contributed by atoms with Crippen molar-refractivity contribution in [3.05, 3.63) is 74.2 Å². The van der Waals surface area contributed by atoms with Gasteiger partial charge in [0.15, 0.2) is 0 Å². The molecule has 1 saturated heterocycles. The molecule has 0 spiro atoms. The molecule has 1 aromatic carbocycles. The normalized spacial score (nSPS) is 22.8. The maximum absolute atomic E-state index is 12.1. The van der Waals surface area contributed by atoms with Crippen LogP contribution in [0.4, 0.5) is 5.69 Å². The van der Waals surface area contributed by atoms with Crippen LogP contribution in [0.1, 0.15) is 23.6 Å². The highest BCUT2D eigenvalue weighted by Crippen LogP contribution is 2.35. The number of pyridine rings is 1.